The van der Waals surface area contributed by atoms with Crippen molar-refractivity contribution >= 4 is 17.7 Å². The average molecular weight is 299 g/mol. The summed E-state index contributed by atoms with van der Waals surface area (Å²) < 4.78 is 5.99. The van der Waals surface area contributed by atoms with Gasteiger partial charge in [-0.3, -0.25) is 0 Å². The Balaban J connectivity index is 1.84. The first kappa shape index (κ1) is 14.2. The first-order chi connectivity index (χ1) is 10.3. The minimum absolute atomic E-state index is 0.0225. The lowest BCUT2D eigenvalue weighted by Crippen LogP contribution is -2.17. The Morgan fingerprint density at radius 3 is 2.43 bits per heavy atom. The van der Waals surface area contributed by atoms with Gasteiger partial charge < -0.3 is 9.84 Å². The molecule has 21 heavy (non-hydrogen) atoms. The second kappa shape index (κ2) is 6.33. The Bertz CT molecular complexity index is 625. The van der Waals surface area contributed by atoms with Crippen LogP contribution >= 0.6 is 11.8 Å². The normalized spacial score (nSPS) is 21.0. The Morgan fingerprint density at radius 2 is 1.81 bits per heavy atom. The van der Waals surface area contributed by atoms with Gasteiger partial charge in [0.05, 0.1) is 6.61 Å². The van der Waals surface area contributed by atoms with E-state index in [1.54, 1.807) is 11.8 Å². The summed E-state index contributed by atoms with van der Waals surface area (Å²) in [6.45, 7) is -0.0225. The Morgan fingerprint density at radius 1 is 1.10 bits per heavy atom. The van der Waals surface area contributed by atoms with E-state index in [1.165, 1.54) is 4.90 Å². The number of nitrogens with zero attached hydrogens (tertiary/aromatic N) is 1. The van der Waals surface area contributed by atoms with Crippen molar-refractivity contribution < 1.29 is 9.84 Å². The summed E-state index contributed by atoms with van der Waals surface area (Å²) >= 11 is 1.71. The lowest BCUT2D eigenvalue weighted by molar-refractivity contribution is 0.152. The molecule has 0 radical (unpaired) electrons. The van der Waals surface area contributed by atoms with Crippen molar-refractivity contribution in [2.24, 2.45) is 4.99 Å². The Labute approximate surface area is 128 Å². The van der Waals surface area contributed by atoms with Crippen molar-refractivity contribution in [1.29, 1.82) is 0 Å². The summed E-state index contributed by atoms with van der Waals surface area (Å²) in [6, 6.07) is 17.8. The highest BCUT2D eigenvalue weighted by Gasteiger charge is 2.32. The van der Waals surface area contributed by atoms with Gasteiger partial charge in [0.25, 0.3) is 0 Å². The summed E-state index contributed by atoms with van der Waals surface area (Å²) in [5, 5.41) is 9.57. The van der Waals surface area contributed by atoms with E-state index in [1.807, 2.05) is 48.7 Å². The number of ether oxygens (including phenoxy) is 1. The third-order valence-corrected chi connectivity index (χ3v) is 4.27. The lowest BCUT2D eigenvalue weighted by atomic mass is 10.0. The molecule has 108 valence electrons. The first-order valence-corrected chi connectivity index (χ1v) is 8.09. The second-order valence-electron chi connectivity index (χ2n) is 4.86. The maximum atomic E-state index is 9.57. The van der Waals surface area contributed by atoms with Crippen LogP contribution in [0.5, 0.6) is 0 Å². The number of hydrogen-bond donors (Lipinski definition) is 1. The minimum Gasteiger partial charge on any atom is -0.467 e. The fraction of sp³-hybridized carbons (Fsp3) is 0.235. The molecular formula is C17H17NO2S. The molecule has 0 bridgehead atoms. The van der Waals surface area contributed by atoms with E-state index >= 15 is 0 Å². The van der Waals surface area contributed by atoms with Crippen LogP contribution < -0.4 is 0 Å². The maximum Gasteiger partial charge on any atom is 0.217 e. The fourth-order valence-corrected chi connectivity index (χ4v) is 2.80. The Kier molecular flexibility index (Phi) is 4.27. The largest absolute Gasteiger partial charge is 0.467 e. The molecule has 0 spiro atoms. The highest BCUT2D eigenvalue weighted by atomic mass is 32.2. The van der Waals surface area contributed by atoms with Crippen LogP contribution in [-0.2, 0) is 4.74 Å². The molecule has 0 fully saturated rings. The van der Waals surface area contributed by atoms with E-state index in [-0.39, 0.29) is 18.8 Å². The monoisotopic (exact) mass is 299 g/mol. The number of rotatable bonds is 4. The quantitative estimate of drug-likeness (QED) is 0.881. The highest BCUT2D eigenvalue weighted by molar-refractivity contribution is 7.98. The van der Waals surface area contributed by atoms with Crippen molar-refractivity contribution in [1.82, 2.24) is 0 Å². The zero-order valence-corrected chi connectivity index (χ0v) is 12.6. The maximum absolute atomic E-state index is 9.57. The van der Waals surface area contributed by atoms with Gasteiger partial charge in [0.1, 0.15) is 6.04 Å². The molecular weight excluding hydrogens is 282 g/mol. The standard InChI is InChI=1S/C17H17NO2S/c1-21-14-9-7-12(8-10-14)16-15(11-19)18-17(20-16)13-5-3-2-4-6-13/h2-10,15-16,19H,11H2,1H3. The van der Waals surface area contributed by atoms with Crippen LogP contribution in [0, 0.1) is 0 Å². The zero-order chi connectivity index (χ0) is 14.7. The van der Waals surface area contributed by atoms with Crippen molar-refractivity contribution in [2.45, 2.75) is 17.0 Å². The zero-order valence-electron chi connectivity index (χ0n) is 11.8. The van der Waals surface area contributed by atoms with E-state index in [0.29, 0.717) is 5.90 Å². The molecule has 1 N–H and O–H groups in total. The van der Waals surface area contributed by atoms with Gasteiger partial charge in [0.15, 0.2) is 6.10 Å². The van der Waals surface area contributed by atoms with E-state index in [9.17, 15) is 5.11 Å². The Hall–Kier alpha value is -1.78. The number of hydrogen-bond acceptors (Lipinski definition) is 4. The van der Waals surface area contributed by atoms with Crippen molar-refractivity contribution in [3.05, 3.63) is 65.7 Å². The van der Waals surface area contributed by atoms with Gasteiger partial charge in [0.2, 0.25) is 5.90 Å². The molecule has 1 heterocycles. The SMILES string of the molecule is CSc1ccc(C2OC(c3ccccc3)=NC2CO)cc1. The molecule has 2 atom stereocenters. The number of thioether (sulfide) groups is 1. The van der Waals surface area contributed by atoms with Gasteiger partial charge in [-0.25, -0.2) is 4.99 Å². The van der Waals surface area contributed by atoms with Gasteiger partial charge in [-0.2, -0.15) is 0 Å². The summed E-state index contributed by atoms with van der Waals surface area (Å²) in [5.74, 6) is 0.605. The van der Waals surface area contributed by atoms with Crippen LogP contribution in [0.3, 0.4) is 0 Å². The van der Waals surface area contributed by atoms with Gasteiger partial charge in [-0.1, -0.05) is 30.3 Å². The molecule has 0 saturated carbocycles. The predicted octanol–water partition coefficient (Wildman–Crippen LogP) is 3.29. The lowest BCUT2D eigenvalue weighted by Gasteiger charge is -2.16. The minimum atomic E-state index is -0.250. The molecule has 0 amide bonds. The number of aliphatic imine (C=N–C) groups is 1. The summed E-state index contributed by atoms with van der Waals surface area (Å²) in [5.41, 5.74) is 1.99. The summed E-state index contributed by atoms with van der Waals surface area (Å²) in [6.07, 6.45) is 1.83. The third kappa shape index (κ3) is 2.96. The van der Waals surface area contributed by atoms with Gasteiger partial charge in [0, 0.05) is 10.5 Å². The molecule has 0 aromatic heterocycles. The molecule has 1 aliphatic rings. The second-order valence-corrected chi connectivity index (χ2v) is 5.74. The van der Waals surface area contributed by atoms with E-state index in [0.717, 1.165) is 11.1 Å². The fourth-order valence-electron chi connectivity index (χ4n) is 2.39. The number of aliphatic hydroxyl groups is 1. The molecule has 3 rings (SSSR count). The van der Waals surface area contributed by atoms with E-state index in [4.69, 9.17) is 4.74 Å². The van der Waals surface area contributed by atoms with E-state index < -0.39 is 0 Å². The van der Waals surface area contributed by atoms with Crippen LogP contribution in [0.2, 0.25) is 0 Å². The number of benzene rings is 2. The number of aliphatic hydroxyl groups excluding tert-OH is 1. The third-order valence-electron chi connectivity index (χ3n) is 3.52. The first-order valence-electron chi connectivity index (χ1n) is 6.86. The molecule has 4 heteroatoms. The molecule has 0 saturated heterocycles. The van der Waals surface area contributed by atoms with Crippen molar-refractivity contribution in [2.75, 3.05) is 12.9 Å². The van der Waals surface area contributed by atoms with Crippen molar-refractivity contribution in [3.8, 4) is 0 Å². The van der Waals surface area contributed by atoms with Crippen molar-refractivity contribution in [3.63, 3.8) is 0 Å². The molecule has 0 aliphatic carbocycles. The summed E-state index contributed by atoms with van der Waals surface area (Å²) in [7, 11) is 0. The molecule has 2 aromatic carbocycles. The smallest absolute Gasteiger partial charge is 0.217 e. The van der Waals surface area contributed by atoms with Gasteiger partial charge >= 0.3 is 0 Å². The van der Waals surface area contributed by atoms with Crippen LogP contribution in [0.1, 0.15) is 17.2 Å². The highest BCUT2D eigenvalue weighted by Crippen LogP contribution is 2.31. The molecule has 1 aliphatic heterocycles. The van der Waals surface area contributed by atoms with Crippen LogP contribution in [0.25, 0.3) is 0 Å². The average Bonchev–Trinajstić information content (AvgIpc) is 3.00. The van der Waals surface area contributed by atoms with Gasteiger partial charge in [-0.05, 0) is 36.1 Å². The molecule has 2 aromatic rings. The van der Waals surface area contributed by atoms with Crippen LogP contribution in [0.15, 0.2) is 64.5 Å². The molecule has 2 unspecified atom stereocenters. The van der Waals surface area contributed by atoms with E-state index in [2.05, 4.69) is 17.1 Å². The topological polar surface area (TPSA) is 41.8 Å². The predicted molar refractivity (Wildman–Crippen MR) is 85.9 cm³/mol. The summed E-state index contributed by atoms with van der Waals surface area (Å²) in [4.78, 5) is 5.73. The van der Waals surface area contributed by atoms with Crippen LogP contribution in [-0.4, -0.2) is 29.9 Å². The molecule has 3 nitrogen and oxygen atoms in total. The van der Waals surface area contributed by atoms with Gasteiger partial charge in [-0.15, -0.1) is 11.8 Å². The van der Waals surface area contributed by atoms with Crippen LogP contribution in [0.4, 0.5) is 0 Å².